The van der Waals surface area contributed by atoms with Crippen LogP contribution in [0.25, 0.3) is 5.69 Å². The summed E-state index contributed by atoms with van der Waals surface area (Å²) >= 11 is 1.32. The topological polar surface area (TPSA) is 98.4 Å². The molecule has 168 valence electrons. The quantitative estimate of drug-likeness (QED) is 0.363. The Hall–Kier alpha value is -3.98. The van der Waals surface area contributed by atoms with Gasteiger partial charge in [-0.05, 0) is 48.5 Å². The third-order valence-corrected chi connectivity index (χ3v) is 5.70. The van der Waals surface area contributed by atoms with Gasteiger partial charge in [-0.25, -0.2) is 4.98 Å². The molecule has 0 spiro atoms. The van der Waals surface area contributed by atoms with Crippen molar-refractivity contribution in [3.05, 3.63) is 90.6 Å². The summed E-state index contributed by atoms with van der Waals surface area (Å²) in [5.74, 6) is 1.12. The van der Waals surface area contributed by atoms with Gasteiger partial charge in [0, 0.05) is 23.6 Å². The van der Waals surface area contributed by atoms with E-state index in [2.05, 4.69) is 15.6 Å². The van der Waals surface area contributed by atoms with Crippen LogP contribution in [-0.2, 0) is 11.3 Å². The Labute approximate surface area is 195 Å². The summed E-state index contributed by atoms with van der Waals surface area (Å²) in [4.78, 5) is 29.1. The van der Waals surface area contributed by atoms with E-state index >= 15 is 0 Å². The number of aromatic nitrogens is 2. The zero-order valence-electron chi connectivity index (χ0n) is 17.9. The number of imidazole rings is 1. The van der Waals surface area contributed by atoms with Crippen molar-refractivity contribution in [1.29, 1.82) is 0 Å². The number of nitrogens with one attached hydrogen (secondary N) is 2. The lowest BCUT2D eigenvalue weighted by molar-refractivity contribution is -0.113. The van der Waals surface area contributed by atoms with Crippen LogP contribution in [0.3, 0.4) is 0 Å². The molecular weight excluding hydrogens is 440 g/mol. The smallest absolute Gasteiger partial charge is 0.251 e. The molecule has 4 rings (SSSR count). The first-order chi connectivity index (χ1) is 16.1. The lowest BCUT2D eigenvalue weighted by Crippen LogP contribution is -2.22. The van der Waals surface area contributed by atoms with Crippen LogP contribution in [0, 0.1) is 0 Å². The summed E-state index contributed by atoms with van der Waals surface area (Å²) in [5.41, 5.74) is 1.99. The van der Waals surface area contributed by atoms with E-state index in [1.54, 1.807) is 56.0 Å². The van der Waals surface area contributed by atoms with E-state index in [-0.39, 0.29) is 17.6 Å². The van der Waals surface area contributed by atoms with E-state index in [0.29, 0.717) is 34.5 Å². The number of hydrogen-bond acceptors (Lipinski definition) is 6. The second-order valence-corrected chi connectivity index (χ2v) is 7.87. The van der Waals surface area contributed by atoms with E-state index in [1.807, 2.05) is 35.0 Å². The summed E-state index contributed by atoms with van der Waals surface area (Å²) in [7, 11) is 1.56. The van der Waals surface area contributed by atoms with Crippen LogP contribution in [0.4, 0.5) is 5.69 Å². The molecule has 4 aromatic rings. The molecule has 0 saturated carbocycles. The highest BCUT2D eigenvalue weighted by Gasteiger charge is 2.12. The average molecular weight is 463 g/mol. The van der Waals surface area contributed by atoms with Crippen LogP contribution in [0.15, 0.2) is 88.9 Å². The first-order valence-corrected chi connectivity index (χ1v) is 11.1. The van der Waals surface area contributed by atoms with E-state index < -0.39 is 0 Å². The number of rotatable bonds is 9. The minimum atomic E-state index is -0.189. The number of thioether (sulfide) groups is 1. The lowest BCUT2D eigenvalue weighted by atomic mass is 10.2. The minimum absolute atomic E-state index is 0.164. The predicted octanol–water partition coefficient (Wildman–Crippen LogP) is 4.13. The van der Waals surface area contributed by atoms with Crippen molar-refractivity contribution in [2.75, 3.05) is 18.2 Å². The summed E-state index contributed by atoms with van der Waals surface area (Å²) in [6.45, 7) is 0.326. The second-order valence-electron chi connectivity index (χ2n) is 6.93. The maximum Gasteiger partial charge on any atom is 0.251 e. The van der Waals surface area contributed by atoms with Crippen LogP contribution >= 0.6 is 11.8 Å². The lowest BCUT2D eigenvalue weighted by Gasteiger charge is -2.11. The van der Waals surface area contributed by atoms with Crippen molar-refractivity contribution in [2.45, 2.75) is 11.7 Å². The maximum atomic E-state index is 12.4. The van der Waals surface area contributed by atoms with Gasteiger partial charge in [-0.2, -0.15) is 0 Å². The number of ether oxygens (including phenoxy) is 1. The van der Waals surface area contributed by atoms with Crippen molar-refractivity contribution in [3.63, 3.8) is 0 Å². The van der Waals surface area contributed by atoms with Gasteiger partial charge in [0.15, 0.2) is 5.16 Å². The number of nitrogens with zero attached hydrogens (tertiary/aromatic N) is 2. The molecule has 2 amide bonds. The maximum absolute atomic E-state index is 12.4. The third kappa shape index (κ3) is 5.64. The largest absolute Gasteiger partial charge is 0.495 e. The van der Waals surface area contributed by atoms with Gasteiger partial charge in [0.1, 0.15) is 11.5 Å². The monoisotopic (exact) mass is 462 g/mol. The molecule has 33 heavy (non-hydrogen) atoms. The molecular formula is C24H22N4O4S. The molecule has 2 N–H and O–H groups in total. The number of anilines is 1. The first-order valence-electron chi connectivity index (χ1n) is 10.1. The van der Waals surface area contributed by atoms with Crippen molar-refractivity contribution >= 4 is 29.3 Å². The summed E-state index contributed by atoms with van der Waals surface area (Å²) in [5, 5.41) is 6.34. The number of amides is 2. The van der Waals surface area contributed by atoms with E-state index in [0.717, 1.165) is 5.69 Å². The van der Waals surface area contributed by atoms with E-state index in [9.17, 15) is 9.59 Å². The van der Waals surface area contributed by atoms with Gasteiger partial charge in [-0.1, -0.05) is 23.9 Å². The fourth-order valence-corrected chi connectivity index (χ4v) is 3.89. The Bertz CT molecular complexity index is 1220. The molecule has 0 aliphatic rings. The molecule has 0 saturated heterocycles. The molecule has 8 nitrogen and oxygen atoms in total. The van der Waals surface area contributed by atoms with Gasteiger partial charge >= 0.3 is 0 Å². The molecule has 0 radical (unpaired) electrons. The molecule has 0 aliphatic heterocycles. The molecule has 0 aliphatic carbocycles. The fourth-order valence-electron chi connectivity index (χ4n) is 3.11. The Balaban J connectivity index is 1.35. The van der Waals surface area contributed by atoms with Gasteiger partial charge < -0.3 is 19.8 Å². The SMILES string of the molecule is COc1ccccc1NC(=O)CSc1nccn1-c1ccc(C(=O)NCc2ccco2)cc1. The van der Waals surface area contributed by atoms with Gasteiger partial charge in [0.25, 0.3) is 5.91 Å². The average Bonchev–Trinajstić information content (AvgIpc) is 3.54. The molecule has 0 bridgehead atoms. The highest BCUT2D eigenvalue weighted by molar-refractivity contribution is 7.99. The van der Waals surface area contributed by atoms with Gasteiger partial charge in [0.2, 0.25) is 5.91 Å². The Kier molecular flexibility index (Phi) is 7.11. The highest BCUT2D eigenvalue weighted by atomic mass is 32.2. The van der Waals surface area contributed by atoms with Crippen LogP contribution in [0.5, 0.6) is 5.75 Å². The van der Waals surface area contributed by atoms with Gasteiger partial charge in [-0.3, -0.25) is 14.2 Å². The zero-order valence-corrected chi connectivity index (χ0v) is 18.7. The van der Waals surface area contributed by atoms with Gasteiger partial charge in [-0.15, -0.1) is 0 Å². The summed E-state index contributed by atoms with van der Waals surface area (Å²) in [6, 6.07) is 18.0. The number of methoxy groups -OCH3 is 1. The minimum Gasteiger partial charge on any atom is -0.495 e. The van der Waals surface area contributed by atoms with Crippen molar-refractivity contribution < 1.29 is 18.7 Å². The van der Waals surface area contributed by atoms with Crippen molar-refractivity contribution in [2.24, 2.45) is 0 Å². The van der Waals surface area contributed by atoms with Crippen LogP contribution in [0.2, 0.25) is 0 Å². The van der Waals surface area contributed by atoms with E-state index in [4.69, 9.17) is 9.15 Å². The predicted molar refractivity (Wildman–Crippen MR) is 126 cm³/mol. The molecule has 9 heteroatoms. The van der Waals surface area contributed by atoms with Gasteiger partial charge in [0.05, 0.1) is 31.4 Å². The molecule has 2 aromatic carbocycles. The second kappa shape index (κ2) is 10.6. The molecule has 0 unspecified atom stereocenters. The normalized spacial score (nSPS) is 10.6. The van der Waals surface area contributed by atoms with Crippen LogP contribution < -0.4 is 15.4 Å². The number of hydrogen-bond donors (Lipinski definition) is 2. The fraction of sp³-hybridized carbons (Fsp3) is 0.125. The first kappa shape index (κ1) is 22.2. The van der Waals surface area contributed by atoms with E-state index in [1.165, 1.54) is 11.8 Å². The molecule has 2 heterocycles. The zero-order chi connectivity index (χ0) is 23.0. The molecule has 2 aromatic heterocycles. The number of carbonyl (C=O) groups excluding carboxylic acids is 2. The highest BCUT2D eigenvalue weighted by Crippen LogP contribution is 2.25. The summed E-state index contributed by atoms with van der Waals surface area (Å²) < 4.78 is 12.4. The Morgan fingerprint density at radius 2 is 1.91 bits per heavy atom. The standard InChI is InChI=1S/C24H22N4O4S/c1-31-21-7-3-2-6-20(21)27-22(29)16-33-24-25-12-13-28(24)18-10-8-17(9-11-18)23(30)26-15-19-5-4-14-32-19/h2-14H,15-16H2,1H3,(H,26,30)(H,27,29). The molecule has 0 atom stereocenters. The van der Waals surface area contributed by atoms with Crippen molar-refractivity contribution in [3.8, 4) is 11.4 Å². The Morgan fingerprint density at radius 1 is 1.09 bits per heavy atom. The van der Waals surface area contributed by atoms with Crippen molar-refractivity contribution in [1.82, 2.24) is 14.9 Å². The summed E-state index contributed by atoms with van der Waals surface area (Å²) in [6.07, 6.45) is 5.05. The number of furan rings is 1. The number of carbonyl (C=O) groups is 2. The third-order valence-electron chi connectivity index (χ3n) is 4.73. The number of benzene rings is 2. The Morgan fingerprint density at radius 3 is 2.67 bits per heavy atom. The number of para-hydroxylation sites is 2. The van der Waals surface area contributed by atoms with Crippen LogP contribution in [-0.4, -0.2) is 34.2 Å². The van der Waals surface area contributed by atoms with Crippen LogP contribution in [0.1, 0.15) is 16.1 Å². The molecule has 0 fully saturated rings.